The van der Waals surface area contributed by atoms with E-state index in [1.54, 1.807) is 23.9 Å². The number of carbonyl (C=O) groups excluding carboxylic acids is 1. The van der Waals surface area contributed by atoms with Crippen LogP contribution < -0.4 is 16.0 Å². The van der Waals surface area contributed by atoms with Gasteiger partial charge in [0.05, 0.1) is 6.54 Å². The van der Waals surface area contributed by atoms with Crippen molar-refractivity contribution in [3.63, 3.8) is 0 Å². The van der Waals surface area contributed by atoms with Crippen LogP contribution in [0.4, 0.5) is 0 Å². The van der Waals surface area contributed by atoms with Crippen LogP contribution in [0.1, 0.15) is 17.3 Å². The number of benzene rings is 2. The van der Waals surface area contributed by atoms with E-state index in [1.807, 2.05) is 25.1 Å². The molecule has 0 saturated carbocycles. The molecule has 0 aliphatic heterocycles. The van der Waals surface area contributed by atoms with Gasteiger partial charge in [-0.05, 0) is 43.3 Å². The summed E-state index contributed by atoms with van der Waals surface area (Å²) in [7, 11) is 0. The van der Waals surface area contributed by atoms with Crippen LogP contribution >= 0.6 is 35.7 Å². The van der Waals surface area contributed by atoms with E-state index in [0.29, 0.717) is 18.7 Å². The van der Waals surface area contributed by atoms with E-state index < -0.39 is 0 Å². The zero-order valence-corrected chi connectivity index (χ0v) is 19.0. The summed E-state index contributed by atoms with van der Waals surface area (Å²) >= 11 is 1.79. The molecule has 0 bridgehead atoms. The maximum atomic E-state index is 12.0. The molecule has 6 nitrogen and oxygen atoms in total. The summed E-state index contributed by atoms with van der Waals surface area (Å²) in [5.41, 5.74) is 0.514. The monoisotopic (exact) mass is 514 g/mol. The minimum absolute atomic E-state index is 0. The number of aromatic hydroxyl groups is 1. The number of hydrogen-bond donors (Lipinski definition) is 4. The lowest BCUT2D eigenvalue weighted by molar-refractivity contribution is 0.0955. The standard InChI is InChI=1S/C20H26N4O2S.HI/c1-2-21-20(24-14-15-27-18-6-4-3-5-7-18)23-13-12-22-19(26)16-8-10-17(25)11-9-16;/h3-11,25H,2,12-15H2,1H3,(H,22,26)(H2,21,23,24);1H. The van der Waals surface area contributed by atoms with E-state index in [2.05, 4.69) is 33.1 Å². The highest BCUT2D eigenvalue weighted by Gasteiger charge is 2.04. The molecule has 0 fully saturated rings. The molecule has 28 heavy (non-hydrogen) atoms. The summed E-state index contributed by atoms with van der Waals surface area (Å²) < 4.78 is 0. The van der Waals surface area contributed by atoms with Gasteiger partial charge in [-0.2, -0.15) is 0 Å². The number of nitrogens with one attached hydrogen (secondary N) is 3. The summed E-state index contributed by atoms with van der Waals surface area (Å²) in [6.07, 6.45) is 0. The maximum absolute atomic E-state index is 12.0. The van der Waals surface area contributed by atoms with Crippen molar-refractivity contribution in [3.05, 3.63) is 60.2 Å². The number of halogens is 1. The highest BCUT2D eigenvalue weighted by atomic mass is 127. The molecule has 0 aliphatic rings. The largest absolute Gasteiger partial charge is 0.508 e. The first-order valence-corrected chi connectivity index (χ1v) is 9.95. The van der Waals surface area contributed by atoms with Gasteiger partial charge >= 0.3 is 0 Å². The van der Waals surface area contributed by atoms with Crippen LogP contribution in [0, 0.1) is 0 Å². The zero-order chi connectivity index (χ0) is 19.3. The first kappa shape index (κ1) is 24.1. The van der Waals surface area contributed by atoms with E-state index in [0.717, 1.165) is 24.8 Å². The molecular weight excluding hydrogens is 487 g/mol. The van der Waals surface area contributed by atoms with Crippen molar-refractivity contribution >= 4 is 47.6 Å². The molecular formula is C20H27IN4O2S. The van der Waals surface area contributed by atoms with Crippen molar-refractivity contribution in [2.75, 3.05) is 31.9 Å². The molecule has 0 heterocycles. The third kappa shape index (κ3) is 9.32. The maximum Gasteiger partial charge on any atom is 0.251 e. The summed E-state index contributed by atoms with van der Waals surface area (Å²) in [6, 6.07) is 16.4. The molecule has 0 aromatic heterocycles. The second kappa shape index (κ2) is 14.1. The molecule has 4 N–H and O–H groups in total. The minimum Gasteiger partial charge on any atom is -0.508 e. The molecule has 152 valence electrons. The molecule has 2 aromatic rings. The normalized spacial score (nSPS) is 10.7. The van der Waals surface area contributed by atoms with Crippen molar-refractivity contribution in [3.8, 4) is 5.75 Å². The van der Waals surface area contributed by atoms with Gasteiger partial charge in [0.1, 0.15) is 5.75 Å². The van der Waals surface area contributed by atoms with Gasteiger partial charge in [-0.25, -0.2) is 0 Å². The molecule has 0 aliphatic carbocycles. The molecule has 8 heteroatoms. The average molecular weight is 514 g/mol. The summed E-state index contributed by atoms with van der Waals surface area (Å²) in [6.45, 7) is 4.51. The number of carbonyl (C=O) groups is 1. The summed E-state index contributed by atoms with van der Waals surface area (Å²) in [5, 5.41) is 18.6. The molecule has 0 saturated heterocycles. The number of amides is 1. The Morgan fingerprint density at radius 1 is 1.00 bits per heavy atom. The van der Waals surface area contributed by atoms with Crippen LogP contribution in [0.5, 0.6) is 5.75 Å². The fourth-order valence-corrected chi connectivity index (χ4v) is 3.04. The Balaban J connectivity index is 0.00000392. The molecule has 0 spiro atoms. The Hall–Kier alpha value is -1.94. The number of nitrogens with zero attached hydrogens (tertiary/aromatic N) is 1. The Bertz CT molecular complexity index is 727. The number of guanidine groups is 1. The Morgan fingerprint density at radius 3 is 2.39 bits per heavy atom. The first-order chi connectivity index (χ1) is 13.2. The number of thioether (sulfide) groups is 1. The van der Waals surface area contributed by atoms with E-state index in [-0.39, 0.29) is 35.6 Å². The lowest BCUT2D eigenvalue weighted by Crippen LogP contribution is -2.39. The van der Waals surface area contributed by atoms with Gasteiger partial charge in [-0.3, -0.25) is 9.79 Å². The second-order valence-corrected chi connectivity index (χ2v) is 6.82. The lowest BCUT2D eigenvalue weighted by Gasteiger charge is -2.11. The number of rotatable bonds is 9. The van der Waals surface area contributed by atoms with E-state index in [1.165, 1.54) is 17.0 Å². The van der Waals surface area contributed by atoms with Gasteiger partial charge in [0.15, 0.2) is 5.96 Å². The lowest BCUT2D eigenvalue weighted by atomic mass is 10.2. The summed E-state index contributed by atoms with van der Waals surface area (Å²) in [5.74, 6) is 1.64. The van der Waals surface area contributed by atoms with Crippen LogP contribution in [0.2, 0.25) is 0 Å². The molecule has 0 atom stereocenters. The van der Waals surface area contributed by atoms with Crippen LogP contribution in [0.25, 0.3) is 0 Å². The number of phenolic OH excluding ortho intramolecular Hbond substituents is 1. The van der Waals surface area contributed by atoms with Gasteiger partial charge < -0.3 is 21.1 Å². The third-order valence-electron chi connectivity index (χ3n) is 3.55. The van der Waals surface area contributed by atoms with Gasteiger partial charge in [0, 0.05) is 35.8 Å². The van der Waals surface area contributed by atoms with E-state index in [4.69, 9.17) is 0 Å². The smallest absolute Gasteiger partial charge is 0.251 e. The minimum atomic E-state index is -0.178. The quantitative estimate of drug-likeness (QED) is 0.136. The fourth-order valence-electron chi connectivity index (χ4n) is 2.25. The number of phenols is 1. The van der Waals surface area contributed by atoms with Gasteiger partial charge in [-0.15, -0.1) is 35.7 Å². The molecule has 2 rings (SSSR count). The van der Waals surface area contributed by atoms with Crippen molar-refractivity contribution < 1.29 is 9.90 Å². The Morgan fingerprint density at radius 2 is 1.71 bits per heavy atom. The van der Waals surface area contributed by atoms with E-state index in [9.17, 15) is 9.90 Å². The highest BCUT2D eigenvalue weighted by Crippen LogP contribution is 2.15. The highest BCUT2D eigenvalue weighted by molar-refractivity contribution is 14.0. The van der Waals surface area contributed by atoms with Crippen molar-refractivity contribution in [2.45, 2.75) is 11.8 Å². The first-order valence-electron chi connectivity index (χ1n) is 8.96. The van der Waals surface area contributed by atoms with Crippen LogP contribution in [-0.4, -0.2) is 48.9 Å². The topological polar surface area (TPSA) is 85.8 Å². The van der Waals surface area contributed by atoms with Gasteiger partial charge in [0.25, 0.3) is 5.91 Å². The molecule has 0 unspecified atom stereocenters. The Kier molecular flexibility index (Phi) is 12.1. The molecule has 2 aromatic carbocycles. The predicted octanol–water partition coefficient (Wildman–Crippen LogP) is 3.09. The Labute approximate surface area is 187 Å². The number of hydrogen-bond acceptors (Lipinski definition) is 4. The van der Waals surface area contributed by atoms with Crippen molar-refractivity contribution in [2.24, 2.45) is 4.99 Å². The SMILES string of the molecule is CCNC(=NCCNC(=O)c1ccc(O)cc1)NCCSc1ccccc1.I. The van der Waals surface area contributed by atoms with Crippen LogP contribution in [-0.2, 0) is 0 Å². The molecule has 0 radical (unpaired) electrons. The van der Waals surface area contributed by atoms with Crippen LogP contribution in [0.15, 0.2) is 64.5 Å². The van der Waals surface area contributed by atoms with Crippen LogP contribution in [0.3, 0.4) is 0 Å². The van der Waals surface area contributed by atoms with Gasteiger partial charge in [0.2, 0.25) is 0 Å². The van der Waals surface area contributed by atoms with E-state index >= 15 is 0 Å². The zero-order valence-electron chi connectivity index (χ0n) is 15.9. The average Bonchev–Trinajstić information content (AvgIpc) is 2.69. The number of aliphatic imine (C=N–C) groups is 1. The summed E-state index contributed by atoms with van der Waals surface area (Å²) in [4.78, 5) is 17.7. The van der Waals surface area contributed by atoms with Crippen molar-refractivity contribution in [1.82, 2.24) is 16.0 Å². The van der Waals surface area contributed by atoms with Crippen molar-refractivity contribution in [1.29, 1.82) is 0 Å². The second-order valence-electron chi connectivity index (χ2n) is 5.65. The molecule has 1 amide bonds. The fraction of sp³-hybridized carbons (Fsp3) is 0.300. The van der Waals surface area contributed by atoms with Gasteiger partial charge in [-0.1, -0.05) is 18.2 Å². The third-order valence-corrected chi connectivity index (χ3v) is 4.56. The predicted molar refractivity (Wildman–Crippen MR) is 127 cm³/mol.